The molecule has 5 heterocycles. The molecule has 0 aliphatic carbocycles. The summed E-state index contributed by atoms with van der Waals surface area (Å²) in [4.78, 5) is 19.4. The van der Waals surface area contributed by atoms with Gasteiger partial charge in [0.2, 0.25) is 0 Å². The molecule has 0 radical (unpaired) electrons. The van der Waals surface area contributed by atoms with Gasteiger partial charge in [0, 0.05) is 53.4 Å². The Balaban J connectivity index is 1.40. The smallest absolute Gasteiger partial charge is 0.147 e. The first-order valence-electron chi connectivity index (χ1n) is 13.0. The zero-order valence-corrected chi connectivity index (χ0v) is 23.6. The molecule has 0 saturated carbocycles. The minimum Gasteiger partial charge on any atom is -0.353 e. The van der Waals surface area contributed by atoms with Crippen molar-refractivity contribution in [2.75, 3.05) is 26.1 Å². The number of sulfone groups is 1. The number of rotatable bonds is 8. The highest BCUT2D eigenvalue weighted by Crippen LogP contribution is 2.34. The lowest BCUT2D eigenvalue weighted by atomic mass is 10.0. The van der Waals surface area contributed by atoms with Crippen molar-refractivity contribution in [1.29, 1.82) is 0 Å². The summed E-state index contributed by atoms with van der Waals surface area (Å²) < 4.78 is 37.9. The molecule has 0 bridgehead atoms. The fraction of sp³-hybridized carbons (Fsp3) is 0.200. The minimum absolute atomic E-state index is 0.0565. The number of aryl methyl sites for hydroxylation is 1. The lowest BCUT2D eigenvalue weighted by Crippen LogP contribution is -2.10. The van der Waals surface area contributed by atoms with Gasteiger partial charge in [0.25, 0.3) is 0 Å². The predicted octanol–water partition coefficient (Wildman–Crippen LogP) is 5.02. The quantitative estimate of drug-likeness (QED) is 0.264. The standard InChI is InChI=1S/C30H28FN7O2S/c1-38(2)17-19-11-21(16-32-15-19)24-4-5-26-29(35-24)30(37-36-26)27-14-23-25(34-27)6-8-33-28(23)20-10-18(12-22(31)13-20)7-9-41(3,39)40/h4-6,8,10-16,34H,7,9,17H2,1-3H3,(H,36,37). The average Bonchev–Trinajstić information content (AvgIpc) is 3.54. The zero-order valence-electron chi connectivity index (χ0n) is 22.8. The molecule has 41 heavy (non-hydrogen) atoms. The summed E-state index contributed by atoms with van der Waals surface area (Å²) >= 11 is 0. The summed E-state index contributed by atoms with van der Waals surface area (Å²) in [5.74, 6) is -0.501. The molecule has 0 unspecified atom stereocenters. The molecular weight excluding hydrogens is 541 g/mol. The van der Waals surface area contributed by atoms with Gasteiger partial charge in [-0.3, -0.25) is 15.1 Å². The molecule has 5 aromatic heterocycles. The molecule has 0 atom stereocenters. The number of benzene rings is 1. The van der Waals surface area contributed by atoms with Crippen LogP contribution in [0, 0.1) is 5.82 Å². The molecule has 9 nitrogen and oxygen atoms in total. The number of aromatic amines is 2. The van der Waals surface area contributed by atoms with E-state index in [1.807, 2.05) is 44.6 Å². The van der Waals surface area contributed by atoms with Crippen LogP contribution < -0.4 is 0 Å². The summed E-state index contributed by atoms with van der Waals surface area (Å²) in [7, 11) is 0.853. The molecule has 6 rings (SSSR count). The third kappa shape index (κ3) is 5.72. The molecule has 0 saturated heterocycles. The van der Waals surface area contributed by atoms with Crippen LogP contribution in [0.25, 0.3) is 55.8 Å². The maximum Gasteiger partial charge on any atom is 0.147 e. The van der Waals surface area contributed by atoms with Crippen molar-refractivity contribution in [1.82, 2.24) is 35.0 Å². The Hall–Kier alpha value is -4.48. The molecular formula is C30H28FN7O2S. The molecule has 0 spiro atoms. The highest BCUT2D eigenvalue weighted by Gasteiger charge is 2.17. The average molecular weight is 570 g/mol. The summed E-state index contributed by atoms with van der Waals surface area (Å²) in [6.45, 7) is 0.774. The number of fused-ring (bicyclic) bond motifs is 2. The molecule has 208 valence electrons. The van der Waals surface area contributed by atoms with Crippen LogP contribution in [0.5, 0.6) is 0 Å². The molecule has 6 aromatic rings. The van der Waals surface area contributed by atoms with Crippen molar-refractivity contribution in [2.24, 2.45) is 0 Å². The Morgan fingerprint density at radius 2 is 1.76 bits per heavy atom. The summed E-state index contributed by atoms with van der Waals surface area (Å²) in [6.07, 6.45) is 6.71. The second kappa shape index (κ2) is 10.5. The third-order valence-corrected chi connectivity index (χ3v) is 7.74. The molecule has 1 aromatic carbocycles. The van der Waals surface area contributed by atoms with E-state index in [0.717, 1.165) is 45.5 Å². The predicted molar refractivity (Wildman–Crippen MR) is 158 cm³/mol. The highest BCUT2D eigenvalue weighted by atomic mass is 32.2. The summed E-state index contributed by atoms with van der Waals surface area (Å²) in [5.41, 5.74) is 8.23. The van der Waals surface area contributed by atoms with Gasteiger partial charge in [0.05, 0.1) is 28.4 Å². The van der Waals surface area contributed by atoms with E-state index in [4.69, 9.17) is 4.98 Å². The maximum absolute atomic E-state index is 14.6. The van der Waals surface area contributed by atoms with Crippen LogP contribution in [0.2, 0.25) is 0 Å². The fourth-order valence-corrected chi connectivity index (χ4v) is 5.58. The van der Waals surface area contributed by atoms with Crippen LogP contribution in [-0.2, 0) is 22.8 Å². The largest absolute Gasteiger partial charge is 0.353 e. The van der Waals surface area contributed by atoms with Gasteiger partial charge < -0.3 is 9.88 Å². The number of pyridine rings is 3. The fourth-order valence-electron chi connectivity index (χ4n) is 4.97. The van der Waals surface area contributed by atoms with Gasteiger partial charge in [-0.1, -0.05) is 0 Å². The Kier molecular flexibility index (Phi) is 6.84. The normalized spacial score (nSPS) is 12.1. The molecule has 0 aliphatic heterocycles. The third-order valence-electron chi connectivity index (χ3n) is 6.79. The number of hydrogen-bond donors (Lipinski definition) is 2. The van der Waals surface area contributed by atoms with Crippen molar-refractivity contribution < 1.29 is 12.8 Å². The number of halogens is 1. The van der Waals surface area contributed by atoms with E-state index in [-0.39, 0.29) is 12.2 Å². The number of H-pyrrole nitrogens is 2. The van der Waals surface area contributed by atoms with Gasteiger partial charge in [-0.25, -0.2) is 17.8 Å². The SMILES string of the molecule is CN(C)Cc1cncc(-c2ccc3[nH]nc(-c4cc5c(-c6cc(F)cc(CCS(C)(=O)=O)c6)nccc5[nH]4)c3n2)c1. The summed E-state index contributed by atoms with van der Waals surface area (Å²) in [6, 6.07) is 14.3. The van der Waals surface area contributed by atoms with Crippen LogP contribution in [-0.4, -0.2) is 69.6 Å². The molecule has 2 N–H and O–H groups in total. The van der Waals surface area contributed by atoms with Gasteiger partial charge in [0.1, 0.15) is 26.9 Å². The lowest BCUT2D eigenvalue weighted by molar-refractivity contribution is 0.402. The van der Waals surface area contributed by atoms with Gasteiger partial charge in [-0.05, 0) is 80.2 Å². The van der Waals surface area contributed by atoms with Crippen LogP contribution in [0.15, 0.2) is 67.1 Å². The number of nitrogens with one attached hydrogen (secondary N) is 2. The van der Waals surface area contributed by atoms with Crippen molar-refractivity contribution in [3.63, 3.8) is 0 Å². The number of hydrogen-bond acceptors (Lipinski definition) is 7. The first-order chi connectivity index (χ1) is 19.6. The zero-order chi connectivity index (χ0) is 28.7. The Bertz CT molecular complexity index is 2010. The minimum atomic E-state index is -3.18. The molecule has 11 heteroatoms. The highest BCUT2D eigenvalue weighted by molar-refractivity contribution is 7.90. The van der Waals surface area contributed by atoms with Crippen LogP contribution in [0.1, 0.15) is 11.1 Å². The van der Waals surface area contributed by atoms with Gasteiger partial charge >= 0.3 is 0 Å². The van der Waals surface area contributed by atoms with Crippen molar-refractivity contribution in [3.05, 3.63) is 84.1 Å². The Morgan fingerprint density at radius 3 is 2.56 bits per heavy atom. The Labute approximate surface area is 236 Å². The van der Waals surface area contributed by atoms with E-state index in [2.05, 4.69) is 36.1 Å². The first-order valence-corrected chi connectivity index (χ1v) is 15.1. The number of nitrogens with zero attached hydrogens (tertiary/aromatic N) is 5. The van der Waals surface area contributed by atoms with Gasteiger partial charge in [-0.15, -0.1) is 0 Å². The van der Waals surface area contributed by atoms with E-state index in [0.29, 0.717) is 28.0 Å². The lowest BCUT2D eigenvalue weighted by Gasteiger charge is -2.10. The second-order valence-electron chi connectivity index (χ2n) is 10.5. The van der Waals surface area contributed by atoms with Gasteiger partial charge in [-0.2, -0.15) is 5.10 Å². The van der Waals surface area contributed by atoms with Crippen LogP contribution in [0.4, 0.5) is 4.39 Å². The van der Waals surface area contributed by atoms with E-state index in [1.165, 1.54) is 18.4 Å². The molecule has 0 fully saturated rings. The van der Waals surface area contributed by atoms with E-state index >= 15 is 0 Å². The molecule has 0 amide bonds. The first kappa shape index (κ1) is 26.7. The van der Waals surface area contributed by atoms with Crippen molar-refractivity contribution >= 4 is 31.8 Å². The molecule has 0 aliphatic rings. The van der Waals surface area contributed by atoms with E-state index < -0.39 is 15.7 Å². The topological polar surface area (TPSA) is 121 Å². The maximum atomic E-state index is 14.6. The van der Waals surface area contributed by atoms with Crippen LogP contribution in [0.3, 0.4) is 0 Å². The number of aromatic nitrogens is 6. The summed E-state index contributed by atoms with van der Waals surface area (Å²) in [5, 5.41) is 8.40. The van der Waals surface area contributed by atoms with Crippen LogP contribution >= 0.6 is 0 Å². The van der Waals surface area contributed by atoms with Crippen molar-refractivity contribution in [2.45, 2.75) is 13.0 Å². The monoisotopic (exact) mass is 569 g/mol. The van der Waals surface area contributed by atoms with E-state index in [9.17, 15) is 12.8 Å². The van der Waals surface area contributed by atoms with E-state index in [1.54, 1.807) is 18.5 Å². The Morgan fingerprint density at radius 1 is 0.927 bits per heavy atom. The second-order valence-corrected chi connectivity index (χ2v) is 12.8. The van der Waals surface area contributed by atoms with Crippen molar-refractivity contribution in [3.8, 4) is 33.9 Å². The van der Waals surface area contributed by atoms with Gasteiger partial charge in [0.15, 0.2) is 0 Å².